The van der Waals surface area contributed by atoms with Gasteiger partial charge in [-0.1, -0.05) is 12.1 Å². The van der Waals surface area contributed by atoms with Crippen LogP contribution in [0.3, 0.4) is 0 Å². The molecule has 0 bridgehead atoms. The molecule has 0 heterocycles. The molecule has 0 aliphatic carbocycles. The highest BCUT2D eigenvalue weighted by molar-refractivity contribution is 7.80. The van der Waals surface area contributed by atoms with Crippen molar-refractivity contribution in [1.82, 2.24) is 26.6 Å². The Hall–Kier alpha value is -4.07. The number of carbonyl (C=O) groups is 7. The normalized spacial score (nSPS) is 14.0. The molecule has 46 heavy (non-hydrogen) atoms. The van der Waals surface area contributed by atoms with Gasteiger partial charge in [-0.3, -0.25) is 28.8 Å². The smallest absolute Gasteiger partial charge is 0.327 e. The molecule has 0 radical (unpaired) electrons. The first-order valence-corrected chi connectivity index (χ1v) is 15.4. The van der Waals surface area contributed by atoms with Crippen molar-refractivity contribution in [3.8, 4) is 5.75 Å². The van der Waals surface area contributed by atoms with E-state index in [1.807, 2.05) is 0 Å². The molecule has 0 saturated carbocycles. The Morgan fingerprint density at radius 3 is 1.87 bits per heavy atom. The molecule has 12 N–H and O–H groups in total. The molecule has 5 amide bonds. The summed E-state index contributed by atoms with van der Waals surface area (Å²) >= 11 is 7.77. The zero-order valence-electron chi connectivity index (χ0n) is 24.8. The first-order valence-electron chi connectivity index (χ1n) is 14.1. The minimum absolute atomic E-state index is 0.0227. The lowest BCUT2D eigenvalue weighted by atomic mass is 10.0. The number of rotatable bonds is 21. The summed E-state index contributed by atoms with van der Waals surface area (Å²) in [7, 11) is 0. The molecule has 0 aromatic heterocycles. The predicted molar refractivity (Wildman–Crippen MR) is 171 cm³/mol. The van der Waals surface area contributed by atoms with Gasteiger partial charge in [0.2, 0.25) is 29.5 Å². The van der Waals surface area contributed by atoms with E-state index >= 15 is 0 Å². The van der Waals surface area contributed by atoms with Gasteiger partial charge in [0.1, 0.15) is 29.9 Å². The number of benzene rings is 1. The van der Waals surface area contributed by atoms with E-state index in [0.29, 0.717) is 18.4 Å². The maximum Gasteiger partial charge on any atom is 0.327 e. The lowest BCUT2D eigenvalue weighted by Crippen LogP contribution is -2.58. The van der Waals surface area contributed by atoms with Crippen LogP contribution in [0.4, 0.5) is 0 Å². The Morgan fingerprint density at radius 2 is 1.33 bits per heavy atom. The van der Waals surface area contributed by atoms with E-state index in [-0.39, 0.29) is 36.6 Å². The van der Waals surface area contributed by atoms with E-state index in [0.717, 1.165) is 0 Å². The molecule has 0 spiro atoms. The summed E-state index contributed by atoms with van der Waals surface area (Å²) in [6.45, 7) is -0.370. The number of unbranched alkanes of at least 4 members (excludes halogenated alkanes) is 1. The second-order valence-corrected chi connectivity index (χ2v) is 10.8. The molecule has 17 nitrogen and oxygen atoms in total. The van der Waals surface area contributed by atoms with Crippen LogP contribution in [0.2, 0.25) is 0 Å². The monoisotopic (exact) mass is 687 g/mol. The first kappa shape index (κ1) is 40.0. The fourth-order valence-corrected chi connectivity index (χ4v) is 4.26. The molecule has 19 heteroatoms. The van der Waals surface area contributed by atoms with Crippen molar-refractivity contribution in [2.75, 3.05) is 24.6 Å². The Balaban J connectivity index is 3.20. The lowest BCUT2D eigenvalue weighted by molar-refractivity contribution is -0.141. The van der Waals surface area contributed by atoms with Crippen LogP contribution in [-0.2, 0) is 40.0 Å². The number of carboxylic acid groups (broad SMARTS) is 2. The molecule has 5 atom stereocenters. The van der Waals surface area contributed by atoms with Crippen LogP contribution in [-0.4, -0.2) is 112 Å². The van der Waals surface area contributed by atoms with Crippen molar-refractivity contribution in [1.29, 1.82) is 0 Å². The van der Waals surface area contributed by atoms with Crippen LogP contribution < -0.4 is 38.1 Å². The molecule has 0 fully saturated rings. The van der Waals surface area contributed by atoms with E-state index in [1.165, 1.54) is 24.3 Å². The van der Waals surface area contributed by atoms with Gasteiger partial charge in [-0.25, -0.2) is 4.79 Å². The quantitative estimate of drug-likeness (QED) is 0.0451. The summed E-state index contributed by atoms with van der Waals surface area (Å²) in [5, 5.41) is 39.7. The number of aromatic hydroxyl groups is 1. The summed E-state index contributed by atoms with van der Waals surface area (Å²) < 4.78 is 0. The van der Waals surface area contributed by atoms with Gasteiger partial charge in [0.25, 0.3) is 0 Å². The fourth-order valence-electron chi connectivity index (χ4n) is 3.85. The Morgan fingerprint density at radius 1 is 0.739 bits per heavy atom. The van der Waals surface area contributed by atoms with E-state index in [4.69, 9.17) is 16.6 Å². The standard InChI is InChI=1S/C27H41N7O10S2/c28-8-2-1-3-17(32-26(42)19(10-22(37)38)33-23(39)16(29)12-45)25(41)34-18(9-14-4-6-15(35)7-5-14)24(40)30-11-21(36)31-20(13-46)27(43)44/h4-7,16-20,35,45-46H,1-3,8-13,28-29H2,(H,30,40)(H,31,36)(H,32,42)(H,33,39)(H,34,41)(H,37,38)(H,43,44)/t16-,17-,18-,19-,20-/m0/s1. The van der Waals surface area contributed by atoms with Crippen LogP contribution in [0, 0.1) is 0 Å². The highest BCUT2D eigenvalue weighted by Crippen LogP contribution is 2.12. The predicted octanol–water partition coefficient (Wildman–Crippen LogP) is -3.13. The molecule has 0 saturated heterocycles. The van der Waals surface area contributed by atoms with Gasteiger partial charge in [-0.15, -0.1) is 0 Å². The van der Waals surface area contributed by atoms with E-state index < -0.39 is 84.6 Å². The van der Waals surface area contributed by atoms with Crippen molar-refractivity contribution >= 4 is 66.7 Å². The average Bonchev–Trinajstić information content (AvgIpc) is 3.01. The summed E-state index contributed by atoms with van der Waals surface area (Å²) in [5.74, 6) is -7.43. The number of nitrogens with one attached hydrogen (secondary N) is 5. The van der Waals surface area contributed by atoms with E-state index in [2.05, 4.69) is 51.8 Å². The van der Waals surface area contributed by atoms with Gasteiger partial charge in [-0.2, -0.15) is 25.3 Å². The number of carboxylic acids is 2. The second-order valence-electron chi connectivity index (χ2n) is 10.1. The largest absolute Gasteiger partial charge is 0.508 e. The zero-order chi connectivity index (χ0) is 34.8. The summed E-state index contributed by atoms with van der Waals surface area (Å²) in [6.07, 6.45) is -0.119. The first-order chi connectivity index (χ1) is 21.7. The Kier molecular flexibility index (Phi) is 18.1. The van der Waals surface area contributed by atoms with Gasteiger partial charge < -0.3 is 53.4 Å². The molecular formula is C27H41N7O10S2. The van der Waals surface area contributed by atoms with Gasteiger partial charge in [-0.05, 0) is 43.5 Å². The van der Waals surface area contributed by atoms with Crippen molar-refractivity contribution in [3.05, 3.63) is 29.8 Å². The van der Waals surface area contributed by atoms with Gasteiger partial charge in [0.15, 0.2) is 0 Å². The summed E-state index contributed by atoms with van der Waals surface area (Å²) in [6, 6.07) is -0.973. The lowest BCUT2D eigenvalue weighted by Gasteiger charge is -2.25. The Labute approximate surface area is 275 Å². The number of phenols is 1. The number of carbonyl (C=O) groups excluding carboxylic acids is 5. The van der Waals surface area contributed by atoms with Crippen LogP contribution >= 0.6 is 25.3 Å². The number of nitrogens with two attached hydrogens (primary N) is 2. The molecular weight excluding hydrogens is 646 g/mol. The topological polar surface area (TPSA) is 292 Å². The number of phenolic OH excluding ortho intramolecular Hbond substituents is 1. The number of hydrogen-bond acceptors (Lipinski definition) is 12. The van der Waals surface area contributed by atoms with E-state index in [1.54, 1.807) is 0 Å². The van der Waals surface area contributed by atoms with Crippen molar-refractivity contribution in [2.45, 2.75) is 62.3 Å². The van der Waals surface area contributed by atoms with Crippen LogP contribution in [0.25, 0.3) is 0 Å². The third-order valence-corrected chi connectivity index (χ3v) is 7.13. The SMILES string of the molecule is NCCCC[C@H](NC(=O)[C@H](CC(=O)O)NC(=O)[C@@H](N)CS)C(=O)N[C@@H](Cc1ccc(O)cc1)C(=O)NCC(=O)N[C@@H](CS)C(=O)O. The molecule has 1 rings (SSSR count). The second kappa shape index (κ2) is 20.9. The number of aliphatic carboxylic acids is 2. The maximum absolute atomic E-state index is 13.5. The van der Waals surface area contributed by atoms with Crippen molar-refractivity contribution < 1.29 is 48.9 Å². The highest BCUT2D eigenvalue weighted by atomic mass is 32.1. The molecule has 256 valence electrons. The molecule has 1 aromatic rings. The average molecular weight is 688 g/mol. The highest BCUT2D eigenvalue weighted by Gasteiger charge is 2.31. The number of amides is 5. The molecule has 0 aliphatic heterocycles. The fraction of sp³-hybridized carbons (Fsp3) is 0.519. The molecule has 1 aromatic carbocycles. The minimum atomic E-state index is -1.60. The third-order valence-electron chi connectivity index (χ3n) is 6.37. The number of hydrogen-bond donors (Lipinski definition) is 12. The number of thiol groups is 2. The summed E-state index contributed by atoms with van der Waals surface area (Å²) in [5.41, 5.74) is 11.7. The summed E-state index contributed by atoms with van der Waals surface area (Å²) in [4.78, 5) is 86.8. The van der Waals surface area contributed by atoms with Gasteiger partial charge in [0.05, 0.1) is 19.0 Å². The third kappa shape index (κ3) is 14.8. The van der Waals surface area contributed by atoms with Crippen LogP contribution in [0.15, 0.2) is 24.3 Å². The van der Waals surface area contributed by atoms with Crippen LogP contribution in [0.5, 0.6) is 5.75 Å². The van der Waals surface area contributed by atoms with E-state index in [9.17, 15) is 43.8 Å². The van der Waals surface area contributed by atoms with Crippen molar-refractivity contribution in [2.24, 2.45) is 11.5 Å². The minimum Gasteiger partial charge on any atom is -0.508 e. The van der Waals surface area contributed by atoms with Crippen LogP contribution in [0.1, 0.15) is 31.2 Å². The zero-order valence-corrected chi connectivity index (χ0v) is 26.6. The van der Waals surface area contributed by atoms with Crippen molar-refractivity contribution in [3.63, 3.8) is 0 Å². The maximum atomic E-state index is 13.5. The molecule has 0 aliphatic rings. The molecule has 0 unspecified atom stereocenters. The van der Waals surface area contributed by atoms with Gasteiger partial charge >= 0.3 is 11.9 Å². The Bertz CT molecular complexity index is 1220. The van der Waals surface area contributed by atoms with Gasteiger partial charge in [0, 0.05) is 17.9 Å².